The van der Waals surface area contributed by atoms with Crippen molar-refractivity contribution < 1.29 is 35.5 Å². The van der Waals surface area contributed by atoms with Gasteiger partial charge in [0.15, 0.2) is 0 Å². The van der Waals surface area contributed by atoms with Gasteiger partial charge in [-0.05, 0) is 54.0 Å². The Kier molecular flexibility index (Phi) is 7.72. The van der Waals surface area contributed by atoms with Gasteiger partial charge in [-0.1, -0.05) is 13.0 Å². The molecule has 0 aliphatic heterocycles. The van der Waals surface area contributed by atoms with Crippen LogP contribution in [0.15, 0.2) is 42.7 Å². The lowest BCUT2D eigenvalue weighted by Crippen LogP contribution is -2.11. The van der Waals surface area contributed by atoms with Gasteiger partial charge >= 0.3 is 6.18 Å². The molecule has 4 rings (SSSR count). The molecule has 1 aliphatic rings. The lowest BCUT2D eigenvalue weighted by molar-refractivity contribution is -0.137. The predicted molar refractivity (Wildman–Crippen MR) is 130 cm³/mol. The monoisotopic (exact) mass is 538 g/mol. The van der Waals surface area contributed by atoms with Crippen LogP contribution in [0.25, 0.3) is 11.1 Å². The molecule has 2 heterocycles. The Hall–Kier alpha value is -3.21. The summed E-state index contributed by atoms with van der Waals surface area (Å²) in [5.41, 5.74) is 1.21. The van der Waals surface area contributed by atoms with Crippen molar-refractivity contribution in [2.24, 2.45) is 5.92 Å². The minimum Gasteiger partial charge on any atom is -0.478 e. The molecule has 0 N–H and O–H groups in total. The maximum atomic E-state index is 14.5. The molecule has 0 saturated carbocycles. The van der Waals surface area contributed by atoms with Crippen LogP contribution in [0.3, 0.4) is 0 Å². The van der Waals surface area contributed by atoms with Crippen molar-refractivity contribution in [1.82, 2.24) is 9.97 Å². The minimum atomic E-state index is -4.74. The molecular weight excluding hydrogens is 512 g/mol. The number of aromatic nitrogens is 2. The number of alkyl halides is 3. The van der Waals surface area contributed by atoms with Crippen molar-refractivity contribution >= 4 is 9.84 Å². The topological polar surface area (TPSA) is 78.4 Å². The average Bonchev–Trinajstić information content (AvgIpc) is 3.19. The summed E-state index contributed by atoms with van der Waals surface area (Å²) in [6, 6.07) is 6.20. The Morgan fingerprint density at radius 1 is 1.00 bits per heavy atom. The number of halogens is 4. The average molecular weight is 539 g/mol. The van der Waals surface area contributed by atoms with E-state index in [4.69, 9.17) is 9.47 Å². The van der Waals surface area contributed by atoms with E-state index in [1.165, 1.54) is 12.1 Å². The van der Waals surface area contributed by atoms with Gasteiger partial charge < -0.3 is 9.47 Å². The quantitative estimate of drug-likeness (QED) is 0.267. The third-order valence-corrected chi connectivity index (χ3v) is 7.05. The fourth-order valence-electron chi connectivity index (χ4n) is 4.26. The zero-order valence-corrected chi connectivity index (χ0v) is 21.1. The van der Waals surface area contributed by atoms with Crippen LogP contribution in [0.5, 0.6) is 11.8 Å². The summed E-state index contributed by atoms with van der Waals surface area (Å²) in [6.45, 7) is 1.82. The lowest BCUT2D eigenvalue weighted by atomic mass is 9.99. The van der Waals surface area contributed by atoms with Crippen molar-refractivity contribution in [3.63, 3.8) is 0 Å². The lowest BCUT2D eigenvalue weighted by Gasteiger charge is -2.16. The highest BCUT2D eigenvalue weighted by molar-refractivity contribution is 7.90. The molecule has 0 amide bonds. The van der Waals surface area contributed by atoms with Crippen LogP contribution in [0, 0.1) is 11.7 Å². The van der Waals surface area contributed by atoms with Crippen LogP contribution in [0.2, 0.25) is 0 Å². The van der Waals surface area contributed by atoms with E-state index in [1.54, 1.807) is 6.20 Å². The summed E-state index contributed by atoms with van der Waals surface area (Å²) in [6.07, 6.45) is 1.04. The third-order valence-electron chi connectivity index (χ3n) is 6.02. The summed E-state index contributed by atoms with van der Waals surface area (Å²) in [4.78, 5) is 8.20. The van der Waals surface area contributed by atoms with Crippen LogP contribution < -0.4 is 9.47 Å². The Balaban J connectivity index is 1.53. The standard InChI is InChI=1S/C26H26F4N2O4S/c1-16-8-18-11-24(31-13-19(18)9-16)36-15-20-10-17(4-5-23(20)27)21-14-32-25(12-22(21)26(28,29)30)35-6-3-7-37(2,33)34/h4-5,10-14,16H,3,6-9,15H2,1-2H3. The maximum Gasteiger partial charge on any atom is 0.417 e. The zero-order valence-electron chi connectivity index (χ0n) is 20.3. The molecule has 11 heteroatoms. The van der Waals surface area contributed by atoms with Crippen molar-refractivity contribution in [1.29, 1.82) is 0 Å². The number of sulfone groups is 1. The summed E-state index contributed by atoms with van der Waals surface area (Å²) in [5.74, 6) is -0.217. The molecule has 0 spiro atoms. The second kappa shape index (κ2) is 10.6. The number of ether oxygens (including phenoxy) is 2. The highest BCUT2D eigenvalue weighted by Crippen LogP contribution is 2.39. The maximum absolute atomic E-state index is 14.5. The van der Waals surface area contributed by atoms with E-state index >= 15 is 0 Å². The third kappa shape index (κ3) is 6.97. The SMILES string of the molecule is CC1Cc2cnc(OCc3cc(-c4cnc(OCCCS(C)(=O)=O)cc4C(F)(F)F)ccc3F)cc2C1. The van der Waals surface area contributed by atoms with Gasteiger partial charge in [0, 0.05) is 41.9 Å². The molecule has 3 aromatic rings. The number of nitrogens with zero attached hydrogens (tertiary/aromatic N) is 2. The Bertz CT molecular complexity index is 1390. The van der Waals surface area contributed by atoms with Gasteiger partial charge in [-0.25, -0.2) is 22.8 Å². The fraction of sp³-hybridized carbons (Fsp3) is 0.385. The number of hydrogen-bond donors (Lipinski definition) is 0. The van der Waals surface area contributed by atoms with E-state index in [1.807, 2.05) is 6.07 Å². The molecule has 0 saturated heterocycles. The Morgan fingerprint density at radius 2 is 1.70 bits per heavy atom. The van der Waals surface area contributed by atoms with Crippen molar-refractivity contribution in [3.05, 3.63) is 70.8 Å². The molecule has 1 aliphatic carbocycles. The summed E-state index contributed by atoms with van der Waals surface area (Å²) in [5, 5.41) is 0. The Labute approximate surface area is 212 Å². The van der Waals surface area contributed by atoms with E-state index in [9.17, 15) is 26.0 Å². The first-order valence-electron chi connectivity index (χ1n) is 11.7. The zero-order chi connectivity index (χ0) is 26.8. The summed E-state index contributed by atoms with van der Waals surface area (Å²) < 4.78 is 89.5. The normalized spacial score (nSPS) is 15.5. The smallest absolute Gasteiger partial charge is 0.417 e. The number of hydrogen-bond acceptors (Lipinski definition) is 6. The number of fused-ring (bicyclic) bond motifs is 1. The van der Waals surface area contributed by atoms with Gasteiger partial charge in [-0.2, -0.15) is 13.2 Å². The molecule has 1 aromatic carbocycles. The summed E-state index contributed by atoms with van der Waals surface area (Å²) in [7, 11) is -3.21. The molecule has 6 nitrogen and oxygen atoms in total. The van der Waals surface area contributed by atoms with E-state index in [2.05, 4.69) is 16.9 Å². The van der Waals surface area contributed by atoms with Crippen LogP contribution in [0.4, 0.5) is 17.6 Å². The van der Waals surface area contributed by atoms with Crippen LogP contribution >= 0.6 is 0 Å². The second-order valence-electron chi connectivity index (χ2n) is 9.30. The number of benzene rings is 1. The number of rotatable bonds is 9. The van der Waals surface area contributed by atoms with Crippen LogP contribution in [0.1, 0.15) is 35.6 Å². The van der Waals surface area contributed by atoms with E-state index in [0.29, 0.717) is 11.8 Å². The highest BCUT2D eigenvalue weighted by Gasteiger charge is 2.35. The van der Waals surface area contributed by atoms with Gasteiger partial charge in [0.05, 0.1) is 17.9 Å². The number of pyridine rings is 2. The molecule has 1 unspecified atom stereocenters. The molecule has 2 aromatic heterocycles. The largest absolute Gasteiger partial charge is 0.478 e. The predicted octanol–water partition coefficient (Wildman–Crippen LogP) is 5.43. The molecule has 1 atom stereocenters. The molecule has 0 bridgehead atoms. The first-order chi connectivity index (χ1) is 17.4. The molecular formula is C26H26F4N2O4S. The van der Waals surface area contributed by atoms with Crippen LogP contribution in [-0.4, -0.2) is 37.0 Å². The van der Waals surface area contributed by atoms with Crippen molar-refractivity contribution in [2.45, 2.75) is 39.0 Å². The van der Waals surface area contributed by atoms with Crippen molar-refractivity contribution in [2.75, 3.05) is 18.6 Å². The van der Waals surface area contributed by atoms with Gasteiger partial charge in [0.2, 0.25) is 11.8 Å². The highest BCUT2D eigenvalue weighted by atomic mass is 32.2. The molecule has 37 heavy (non-hydrogen) atoms. The first kappa shape index (κ1) is 26.8. The molecule has 0 fully saturated rings. The second-order valence-corrected chi connectivity index (χ2v) is 11.6. The minimum absolute atomic E-state index is 0.0717. The molecule has 198 valence electrons. The van der Waals surface area contributed by atoms with Gasteiger partial charge in [0.1, 0.15) is 22.3 Å². The van der Waals surface area contributed by atoms with Gasteiger partial charge in [-0.15, -0.1) is 0 Å². The van der Waals surface area contributed by atoms with E-state index in [-0.39, 0.29) is 48.0 Å². The van der Waals surface area contributed by atoms with E-state index in [0.717, 1.165) is 48.6 Å². The molecule has 0 radical (unpaired) electrons. The van der Waals surface area contributed by atoms with Crippen LogP contribution in [-0.2, 0) is 35.5 Å². The van der Waals surface area contributed by atoms with E-state index < -0.39 is 27.4 Å². The van der Waals surface area contributed by atoms with Gasteiger partial charge in [0.25, 0.3) is 0 Å². The van der Waals surface area contributed by atoms with Gasteiger partial charge in [-0.3, -0.25) is 0 Å². The fourth-order valence-corrected chi connectivity index (χ4v) is 4.90. The summed E-state index contributed by atoms with van der Waals surface area (Å²) >= 11 is 0. The first-order valence-corrected chi connectivity index (χ1v) is 13.7. The van der Waals surface area contributed by atoms with Crippen molar-refractivity contribution in [3.8, 4) is 22.9 Å². The Morgan fingerprint density at radius 3 is 2.43 bits per heavy atom.